The van der Waals surface area contributed by atoms with Gasteiger partial charge in [0.25, 0.3) is 0 Å². The number of alkyl halides is 3. The fourth-order valence-electron chi connectivity index (χ4n) is 2.18. The first kappa shape index (κ1) is 15.7. The molecule has 1 aromatic rings. The minimum Gasteiger partial charge on any atom is -0.385 e. The fraction of sp³-hybridized carbons (Fsp3) is 0.385. The van der Waals surface area contributed by atoms with Crippen LogP contribution >= 0.6 is 11.8 Å². The summed E-state index contributed by atoms with van der Waals surface area (Å²) in [6.45, 7) is 3.65. The van der Waals surface area contributed by atoms with E-state index in [1.165, 1.54) is 29.2 Å². The Balaban J connectivity index is 2.25. The van der Waals surface area contributed by atoms with Crippen LogP contribution in [-0.4, -0.2) is 28.3 Å². The topological polar surface area (TPSA) is 58.7 Å². The summed E-state index contributed by atoms with van der Waals surface area (Å²) in [6, 6.07) is 4.73. The molecule has 114 valence electrons. The number of amides is 2. The molecular formula is C13H14F3N3OS. The monoisotopic (exact) mass is 317 g/mol. The molecule has 0 aliphatic carbocycles. The van der Waals surface area contributed by atoms with Gasteiger partial charge in [0.2, 0.25) is 0 Å². The van der Waals surface area contributed by atoms with Crippen molar-refractivity contribution >= 4 is 23.6 Å². The second kappa shape index (κ2) is 5.59. The minimum absolute atomic E-state index is 0.0854. The minimum atomic E-state index is -4.32. The molecule has 0 aromatic heterocycles. The van der Waals surface area contributed by atoms with Crippen LogP contribution in [-0.2, 0) is 0 Å². The molecule has 1 heterocycles. The number of nitrogens with zero attached hydrogens (tertiary/aromatic N) is 2. The standard InChI is InChI=1S/C13H14F3N3OS/c1-7(2)19-10(11(17)18-12(19)20)8-3-5-9(6-4-8)21-13(14,15)16/h3-7,10H,1-2H3,(H2,17,18,20). The molecule has 2 N–H and O–H groups in total. The molecule has 8 heteroatoms. The molecule has 1 aliphatic heterocycles. The maximum Gasteiger partial charge on any atom is 0.446 e. The lowest BCUT2D eigenvalue weighted by atomic mass is 10.0. The number of hydrogen-bond donors (Lipinski definition) is 1. The van der Waals surface area contributed by atoms with E-state index >= 15 is 0 Å². The molecule has 1 aromatic carbocycles. The summed E-state index contributed by atoms with van der Waals surface area (Å²) in [5.41, 5.74) is 2.09. The summed E-state index contributed by atoms with van der Waals surface area (Å²) in [5, 5.41) is 0. The van der Waals surface area contributed by atoms with E-state index in [4.69, 9.17) is 5.73 Å². The Morgan fingerprint density at radius 2 is 1.86 bits per heavy atom. The molecule has 1 unspecified atom stereocenters. The van der Waals surface area contributed by atoms with Gasteiger partial charge in [-0.1, -0.05) is 12.1 Å². The Morgan fingerprint density at radius 1 is 1.29 bits per heavy atom. The molecule has 0 fully saturated rings. The molecule has 0 spiro atoms. The summed E-state index contributed by atoms with van der Waals surface area (Å²) in [7, 11) is 0. The van der Waals surface area contributed by atoms with Gasteiger partial charge in [-0.15, -0.1) is 0 Å². The van der Waals surface area contributed by atoms with Crippen LogP contribution in [0.4, 0.5) is 18.0 Å². The molecular weight excluding hydrogens is 303 g/mol. The van der Waals surface area contributed by atoms with Gasteiger partial charge in [0.1, 0.15) is 11.9 Å². The number of benzene rings is 1. The second-order valence-electron chi connectivity index (χ2n) is 4.84. The van der Waals surface area contributed by atoms with E-state index in [1.807, 2.05) is 13.8 Å². The van der Waals surface area contributed by atoms with Crippen LogP contribution in [0.3, 0.4) is 0 Å². The van der Waals surface area contributed by atoms with Crippen LogP contribution in [0.15, 0.2) is 34.2 Å². The van der Waals surface area contributed by atoms with Crippen molar-refractivity contribution in [2.45, 2.75) is 36.3 Å². The van der Waals surface area contributed by atoms with Crippen molar-refractivity contribution in [2.75, 3.05) is 0 Å². The number of thioether (sulfide) groups is 1. The van der Waals surface area contributed by atoms with Crippen LogP contribution < -0.4 is 5.73 Å². The largest absolute Gasteiger partial charge is 0.446 e. The SMILES string of the molecule is CC(C)N1C(=O)N=C(N)C1c1ccc(SC(F)(F)F)cc1. The van der Waals surface area contributed by atoms with E-state index in [9.17, 15) is 18.0 Å². The summed E-state index contributed by atoms with van der Waals surface area (Å²) < 4.78 is 36.9. The van der Waals surface area contributed by atoms with Crippen molar-refractivity contribution in [1.29, 1.82) is 0 Å². The summed E-state index contributed by atoms with van der Waals surface area (Å²) >= 11 is -0.182. The van der Waals surface area contributed by atoms with Crippen LogP contribution in [0.25, 0.3) is 0 Å². The average molecular weight is 317 g/mol. The quantitative estimate of drug-likeness (QED) is 0.868. The highest BCUT2D eigenvalue weighted by atomic mass is 32.2. The first-order valence-corrected chi connectivity index (χ1v) is 7.03. The van der Waals surface area contributed by atoms with Crippen LogP contribution in [0.5, 0.6) is 0 Å². The van der Waals surface area contributed by atoms with Crippen molar-refractivity contribution < 1.29 is 18.0 Å². The number of halogens is 3. The zero-order chi connectivity index (χ0) is 15.8. The maximum atomic E-state index is 12.3. The second-order valence-corrected chi connectivity index (χ2v) is 5.98. The van der Waals surface area contributed by atoms with Crippen molar-refractivity contribution in [3.8, 4) is 0 Å². The zero-order valence-electron chi connectivity index (χ0n) is 11.4. The first-order chi connectivity index (χ1) is 9.69. The maximum absolute atomic E-state index is 12.3. The molecule has 21 heavy (non-hydrogen) atoms. The van der Waals surface area contributed by atoms with Gasteiger partial charge in [-0.05, 0) is 43.3 Å². The molecule has 0 saturated heterocycles. The van der Waals surface area contributed by atoms with E-state index in [2.05, 4.69) is 4.99 Å². The number of carbonyl (C=O) groups excluding carboxylic acids is 1. The van der Waals surface area contributed by atoms with Crippen LogP contribution in [0.1, 0.15) is 25.5 Å². The van der Waals surface area contributed by atoms with Crippen molar-refractivity contribution in [3.63, 3.8) is 0 Å². The van der Waals surface area contributed by atoms with Gasteiger partial charge in [-0.3, -0.25) is 0 Å². The number of rotatable bonds is 3. The Kier molecular flexibility index (Phi) is 4.18. The van der Waals surface area contributed by atoms with Gasteiger partial charge < -0.3 is 10.6 Å². The lowest BCUT2D eigenvalue weighted by Crippen LogP contribution is -2.38. The summed E-state index contributed by atoms with van der Waals surface area (Å²) in [6.07, 6.45) is 0. The van der Waals surface area contributed by atoms with Gasteiger partial charge in [0.15, 0.2) is 0 Å². The normalized spacial score (nSPS) is 19.3. The number of nitrogens with two attached hydrogens (primary N) is 1. The molecule has 4 nitrogen and oxygen atoms in total. The molecule has 0 bridgehead atoms. The Bertz CT molecular complexity index is 569. The summed E-state index contributed by atoms with van der Waals surface area (Å²) in [4.78, 5) is 17.1. The smallest absolute Gasteiger partial charge is 0.385 e. The van der Waals surface area contributed by atoms with Crippen LogP contribution in [0.2, 0.25) is 0 Å². The van der Waals surface area contributed by atoms with E-state index in [-0.39, 0.29) is 28.5 Å². The van der Waals surface area contributed by atoms with Crippen molar-refractivity contribution in [3.05, 3.63) is 29.8 Å². The van der Waals surface area contributed by atoms with Gasteiger partial charge in [-0.2, -0.15) is 18.2 Å². The zero-order valence-corrected chi connectivity index (χ0v) is 12.2. The predicted molar refractivity (Wildman–Crippen MR) is 75.1 cm³/mol. The van der Waals surface area contributed by atoms with Gasteiger partial charge in [0.05, 0.1) is 0 Å². The molecule has 1 aliphatic rings. The van der Waals surface area contributed by atoms with E-state index in [0.717, 1.165) is 0 Å². The first-order valence-electron chi connectivity index (χ1n) is 6.21. The van der Waals surface area contributed by atoms with E-state index < -0.39 is 17.6 Å². The molecule has 2 amide bonds. The average Bonchev–Trinajstić information content (AvgIpc) is 2.63. The predicted octanol–water partition coefficient (Wildman–Crippen LogP) is 3.54. The fourth-order valence-corrected chi connectivity index (χ4v) is 2.72. The Hall–Kier alpha value is -1.70. The lowest BCUT2D eigenvalue weighted by Gasteiger charge is -2.28. The molecule has 0 radical (unpaired) electrons. The molecule has 2 rings (SSSR count). The third-order valence-electron chi connectivity index (χ3n) is 2.99. The Labute approximate surface area is 124 Å². The summed E-state index contributed by atoms with van der Waals surface area (Å²) in [5.74, 6) is 0.157. The molecule has 0 saturated carbocycles. The third-order valence-corrected chi connectivity index (χ3v) is 3.73. The highest BCUT2D eigenvalue weighted by molar-refractivity contribution is 8.00. The molecule has 1 atom stereocenters. The highest BCUT2D eigenvalue weighted by Crippen LogP contribution is 2.37. The van der Waals surface area contributed by atoms with Crippen LogP contribution in [0, 0.1) is 0 Å². The number of amidine groups is 1. The van der Waals surface area contributed by atoms with E-state index in [0.29, 0.717) is 5.56 Å². The van der Waals surface area contributed by atoms with Crippen molar-refractivity contribution in [2.24, 2.45) is 10.7 Å². The number of hydrogen-bond acceptors (Lipinski definition) is 3. The van der Waals surface area contributed by atoms with Gasteiger partial charge in [0, 0.05) is 10.9 Å². The highest BCUT2D eigenvalue weighted by Gasteiger charge is 2.36. The number of aliphatic imine (C=N–C) groups is 1. The van der Waals surface area contributed by atoms with Gasteiger partial charge in [-0.25, -0.2) is 4.79 Å². The van der Waals surface area contributed by atoms with Crippen molar-refractivity contribution in [1.82, 2.24) is 4.90 Å². The third kappa shape index (κ3) is 3.49. The Morgan fingerprint density at radius 3 is 2.33 bits per heavy atom. The van der Waals surface area contributed by atoms with Gasteiger partial charge >= 0.3 is 11.5 Å². The number of carbonyl (C=O) groups is 1. The lowest BCUT2D eigenvalue weighted by molar-refractivity contribution is -0.0328. The number of urea groups is 1. The van der Waals surface area contributed by atoms with E-state index in [1.54, 1.807) is 0 Å².